The Hall–Kier alpha value is 0.844. The third-order valence-corrected chi connectivity index (χ3v) is 2.75. The quantitative estimate of drug-likeness (QED) is 0.442. The number of hydrogen-bond donors (Lipinski definition) is 3. The van der Waals surface area contributed by atoms with Crippen LogP contribution >= 0.6 is 12.4 Å². The van der Waals surface area contributed by atoms with E-state index in [0.717, 1.165) is 52.4 Å². The molecule has 0 unspecified atom stereocenters. The van der Waals surface area contributed by atoms with Gasteiger partial charge in [0.2, 0.25) is 0 Å². The smallest absolute Gasteiger partial charge is 0 e. The third kappa shape index (κ3) is 35.0. The van der Waals surface area contributed by atoms with Crippen molar-refractivity contribution in [1.82, 2.24) is 16.0 Å². The Labute approximate surface area is 170 Å². The molecule has 0 aromatic heterocycles. The summed E-state index contributed by atoms with van der Waals surface area (Å²) in [5.41, 5.74) is 0. The van der Waals surface area contributed by atoms with Crippen molar-refractivity contribution in [2.45, 2.75) is 25.7 Å². The molecule has 0 aliphatic carbocycles. The molecule has 0 aromatic carbocycles. The van der Waals surface area contributed by atoms with E-state index in [4.69, 9.17) is 0 Å². The number of rotatable bonds is 0. The second-order valence-electron chi connectivity index (χ2n) is 4.34. The molecule has 6 heteroatoms. The van der Waals surface area contributed by atoms with Gasteiger partial charge in [-0.3, -0.25) is 0 Å². The molecule has 1 saturated heterocycles. The van der Waals surface area contributed by atoms with E-state index in [9.17, 15) is 0 Å². The first-order valence-electron chi connectivity index (χ1n) is 6.75. The van der Waals surface area contributed by atoms with Gasteiger partial charge in [0.25, 0.3) is 0 Å². The first-order chi connectivity index (χ1) is 8.00. The van der Waals surface area contributed by atoms with Gasteiger partial charge in [-0.15, -0.1) is 25.5 Å². The fourth-order valence-corrected chi connectivity index (χ4v) is 1.80. The molecular weight excluding hydrogens is 344 g/mol. The zero-order valence-corrected chi connectivity index (χ0v) is 18.7. The average molecular weight is 387 g/mol. The van der Waals surface area contributed by atoms with E-state index in [1.54, 1.807) is 0 Å². The van der Waals surface area contributed by atoms with Crippen LogP contribution in [0.5, 0.6) is 0 Å². The first-order valence-corrected chi connectivity index (χ1v) is 6.75. The van der Waals surface area contributed by atoms with Gasteiger partial charge in [0.15, 0.2) is 0 Å². The molecule has 148 valence electrons. The van der Waals surface area contributed by atoms with Crippen LogP contribution < -0.4 is 16.0 Å². The molecular formula is C17H43ClN4Ti-6. The van der Waals surface area contributed by atoms with Crippen LogP contribution in [0.15, 0.2) is 0 Å². The molecule has 23 heavy (non-hydrogen) atoms. The summed E-state index contributed by atoms with van der Waals surface area (Å²) in [4.78, 5) is 0. The third-order valence-electron chi connectivity index (χ3n) is 2.75. The summed E-state index contributed by atoms with van der Waals surface area (Å²) in [6.07, 6.45) is 4.82. The van der Waals surface area contributed by atoms with Crippen molar-refractivity contribution < 1.29 is 21.7 Å². The Morgan fingerprint density at radius 1 is 0.478 bits per heavy atom. The first kappa shape index (κ1) is 43.9. The second-order valence-corrected chi connectivity index (χ2v) is 4.34. The van der Waals surface area contributed by atoms with Crippen LogP contribution in [0, 0.1) is 37.1 Å². The molecule has 0 amide bonds. The predicted molar refractivity (Wildman–Crippen MR) is 109 cm³/mol. The maximum absolute atomic E-state index is 4.51. The maximum atomic E-state index is 4.51. The fraction of sp³-hybridized carbons (Fsp3) is 0.706. The second kappa shape index (κ2) is 38.4. The van der Waals surface area contributed by atoms with Gasteiger partial charge in [-0.1, -0.05) is 12.8 Å². The van der Waals surface area contributed by atoms with Gasteiger partial charge < -0.3 is 58.4 Å². The largest absolute Gasteiger partial charge is 0.662 e. The van der Waals surface area contributed by atoms with Crippen LogP contribution in [-0.4, -0.2) is 52.4 Å². The zero-order chi connectivity index (χ0) is 11.3. The fourth-order valence-electron chi connectivity index (χ4n) is 1.80. The molecule has 0 aromatic rings. The Morgan fingerprint density at radius 3 is 1.04 bits per heavy atom. The summed E-state index contributed by atoms with van der Waals surface area (Å²) >= 11 is 0. The van der Waals surface area contributed by atoms with E-state index in [0.29, 0.717) is 0 Å². The minimum absolute atomic E-state index is 0. The number of halogens is 1. The van der Waals surface area contributed by atoms with Gasteiger partial charge in [-0.25, -0.2) is 0 Å². The van der Waals surface area contributed by atoms with Crippen LogP contribution in [0.2, 0.25) is 0 Å². The number of hydrogen-bond acceptors (Lipinski definition) is 3. The van der Waals surface area contributed by atoms with Crippen molar-refractivity contribution in [3.63, 3.8) is 0 Å². The molecule has 3 N–H and O–H groups in total. The Kier molecular flexibility index (Phi) is 73.3. The van der Waals surface area contributed by atoms with Crippen LogP contribution in [-0.2, 0) is 21.7 Å². The van der Waals surface area contributed by atoms with Gasteiger partial charge in [0.05, 0.1) is 0 Å². The van der Waals surface area contributed by atoms with Crippen LogP contribution in [0.3, 0.4) is 0 Å². The monoisotopic (exact) mass is 386 g/mol. The molecule has 1 rings (SSSR count). The number of nitrogens with zero attached hydrogens (tertiary/aromatic N) is 1. The Morgan fingerprint density at radius 2 is 0.739 bits per heavy atom. The van der Waals surface area contributed by atoms with E-state index in [-0.39, 0.29) is 71.3 Å². The van der Waals surface area contributed by atoms with E-state index >= 15 is 0 Å². The maximum Gasteiger partial charge on any atom is 0 e. The summed E-state index contributed by atoms with van der Waals surface area (Å²) in [5.74, 6) is 0. The minimum atomic E-state index is 0. The average Bonchev–Trinajstić information content (AvgIpc) is 2.29. The van der Waals surface area contributed by atoms with Crippen molar-refractivity contribution in [1.29, 1.82) is 0 Å². The van der Waals surface area contributed by atoms with Gasteiger partial charge in [-0.05, 0) is 52.1 Å². The van der Waals surface area contributed by atoms with Gasteiger partial charge >= 0.3 is 0 Å². The van der Waals surface area contributed by atoms with Gasteiger partial charge in [-0.2, -0.15) is 0 Å². The van der Waals surface area contributed by atoms with E-state index in [1.165, 1.54) is 25.7 Å². The molecule has 1 heterocycles. The minimum Gasteiger partial charge on any atom is -0.662 e. The Bertz CT molecular complexity index is 90.6. The van der Waals surface area contributed by atoms with Crippen molar-refractivity contribution in [2.24, 2.45) is 0 Å². The Balaban J connectivity index is -0.0000000731. The molecule has 0 spiro atoms. The summed E-state index contributed by atoms with van der Waals surface area (Å²) in [6.45, 7) is 8.80. The van der Waals surface area contributed by atoms with Crippen LogP contribution in [0.25, 0.3) is 5.32 Å². The molecule has 0 bridgehead atoms. The predicted octanol–water partition coefficient (Wildman–Crippen LogP) is 3.37. The topological polar surface area (TPSA) is 50.2 Å². The molecule has 0 saturated carbocycles. The van der Waals surface area contributed by atoms with Crippen molar-refractivity contribution in [3.8, 4) is 0 Å². The van der Waals surface area contributed by atoms with Crippen LogP contribution in [0.4, 0.5) is 0 Å². The SMILES string of the molecule is C1C[N-]CCCNCCCNCCCNC1.Cl.[CH3-].[CH3-].[CH3-].[CH3-].[CH3-].[Ti]. The molecule has 4 nitrogen and oxygen atoms in total. The van der Waals surface area contributed by atoms with E-state index in [1.807, 2.05) is 0 Å². The normalized spacial score (nSPS) is 16.7. The molecule has 0 atom stereocenters. The standard InChI is InChI=1S/C12H27N4.5CH3.ClH.Ti/c1-5-13-7-2-9-15-11-4-12-16-10-3-8-14-6-1;;;;;;;/h13-15H,1-12H2;5*1H3;1H;/q6*-1;;. The number of nitrogens with one attached hydrogen (secondary N) is 3. The van der Waals surface area contributed by atoms with Gasteiger partial charge in [0, 0.05) is 21.7 Å². The summed E-state index contributed by atoms with van der Waals surface area (Å²) in [6, 6.07) is 0. The van der Waals surface area contributed by atoms with Gasteiger partial charge in [0.1, 0.15) is 0 Å². The van der Waals surface area contributed by atoms with Crippen molar-refractivity contribution in [3.05, 3.63) is 42.5 Å². The summed E-state index contributed by atoms with van der Waals surface area (Å²) in [7, 11) is 0. The molecule has 1 fully saturated rings. The van der Waals surface area contributed by atoms with Crippen molar-refractivity contribution >= 4 is 12.4 Å². The molecule has 0 radical (unpaired) electrons. The van der Waals surface area contributed by atoms with E-state index in [2.05, 4.69) is 21.3 Å². The van der Waals surface area contributed by atoms with Crippen LogP contribution in [0.1, 0.15) is 25.7 Å². The molecule has 1 aliphatic rings. The summed E-state index contributed by atoms with van der Waals surface area (Å²) in [5, 5.41) is 14.9. The molecule has 1 aliphatic heterocycles. The van der Waals surface area contributed by atoms with E-state index < -0.39 is 0 Å². The van der Waals surface area contributed by atoms with Crippen molar-refractivity contribution in [2.75, 3.05) is 52.4 Å². The summed E-state index contributed by atoms with van der Waals surface area (Å²) < 4.78 is 0. The zero-order valence-electron chi connectivity index (χ0n) is 16.3.